The van der Waals surface area contributed by atoms with Crippen LogP contribution < -0.4 is 14.4 Å². The highest BCUT2D eigenvalue weighted by molar-refractivity contribution is 7.92. The molecule has 0 saturated heterocycles. The smallest absolute Gasteiger partial charge is 0.243 e. The monoisotopic (exact) mass is 547 g/mol. The van der Waals surface area contributed by atoms with Gasteiger partial charge in [0.05, 0.1) is 19.1 Å². The quantitative estimate of drug-likeness (QED) is 0.405. The number of ether oxygens (including phenoxy) is 1. The van der Waals surface area contributed by atoms with E-state index in [0.717, 1.165) is 41.8 Å². The molecule has 1 saturated carbocycles. The van der Waals surface area contributed by atoms with Crippen LogP contribution in [0.2, 0.25) is 0 Å². The number of nitrogens with one attached hydrogen (secondary N) is 1. The summed E-state index contributed by atoms with van der Waals surface area (Å²) >= 11 is 0. The number of hydrogen-bond donors (Lipinski definition) is 1. The van der Waals surface area contributed by atoms with Crippen LogP contribution in [0.1, 0.15) is 57.4 Å². The number of amides is 2. The van der Waals surface area contributed by atoms with Crippen LogP contribution in [0.3, 0.4) is 0 Å². The van der Waals surface area contributed by atoms with Gasteiger partial charge in [-0.25, -0.2) is 12.8 Å². The van der Waals surface area contributed by atoms with Gasteiger partial charge >= 0.3 is 0 Å². The van der Waals surface area contributed by atoms with Crippen molar-refractivity contribution in [1.29, 1.82) is 0 Å². The van der Waals surface area contributed by atoms with Gasteiger partial charge in [-0.2, -0.15) is 0 Å². The highest BCUT2D eigenvalue weighted by Crippen LogP contribution is 2.24. The third-order valence-corrected chi connectivity index (χ3v) is 8.03. The molecule has 1 aliphatic rings. The Balaban J connectivity index is 1.78. The Morgan fingerprint density at radius 1 is 1.13 bits per heavy atom. The van der Waals surface area contributed by atoms with E-state index in [9.17, 15) is 22.4 Å². The first-order chi connectivity index (χ1) is 18.1. The number of carbonyl (C=O) groups excluding carboxylic acids is 2. The van der Waals surface area contributed by atoms with Gasteiger partial charge in [0.2, 0.25) is 21.8 Å². The van der Waals surface area contributed by atoms with Crippen LogP contribution in [-0.4, -0.2) is 57.1 Å². The van der Waals surface area contributed by atoms with E-state index < -0.39 is 21.9 Å². The van der Waals surface area contributed by atoms with E-state index in [2.05, 4.69) is 5.32 Å². The van der Waals surface area contributed by atoms with Crippen LogP contribution in [0.5, 0.6) is 5.75 Å². The lowest BCUT2D eigenvalue weighted by molar-refractivity contribution is -0.141. The Bertz CT molecular complexity index is 1200. The fraction of sp³-hybridized carbons (Fsp3) is 0.500. The van der Waals surface area contributed by atoms with Crippen LogP contribution in [0.15, 0.2) is 48.5 Å². The lowest BCUT2D eigenvalue weighted by atomic mass is 10.1. The fourth-order valence-corrected chi connectivity index (χ4v) is 5.86. The maximum Gasteiger partial charge on any atom is 0.243 e. The third kappa shape index (κ3) is 7.93. The van der Waals surface area contributed by atoms with Gasteiger partial charge in [0.15, 0.2) is 0 Å². The molecule has 0 heterocycles. The van der Waals surface area contributed by atoms with Crippen molar-refractivity contribution in [3.8, 4) is 5.75 Å². The number of sulfonamides is 1. The minimum Gasteiger partial charge on any atom is -0.497 e. The molecule has 1 N–H and O–H groups in total. The minimum atomic E-state index is -3.77. The molecule has 3 rings (SSSR count). The molecule has 2 aromatic rings. The zero-order valence-corrected chi connectivity index (χ0v) is 23.2. The van der Waals surface area contributed by atoms with Crippen LogP contribution in [0.4, 0.5) is 10.1 Å². The number of para-hydroxylation sites is 1. The standard InChI is InChI=1S/C28H38FN3O5S/c1-4-25(28(34)30-22-12-5-6-13-22)31(20-21-11-9-14-23(19-21)37-2)27(33)17-10-18-32(38(3,35)36)26-16-8-7-15-24(26)29/h7-9,11,14-16,19,22,25H,4-6,10,12-13,17-18,20H2,1-3H3,(H,30,34)/t25-/m1/s1. The Morgan fingerprint density at radius 2 is 1.84 bits per heavy atom. The molecule has 2 aromatic carbocycles. The summed E-state index contributed by atoms with van der Waals surface area (Å²) in [7, 11) is -2.21. The largest absolute Gasteiger partial charge is 0.497 e. The van der Waals surface area contributed by atoms with Crippen molar-refractivity contribution in [2.24, 2.45) is 0 Å². The molecular formula is C28H38FN3O5S. The molecule has 2 amide bonds. The molecule has 8 nitrogen and oxygen atoms in total. The van der Waals surface area contributed by atoms with Crippen LogP contribution in [0, 0.1) is 5.82 Å². The fourth-order valence-electron chi connectivity index (χ4n) is 4.89. The molecule has 0 unspecified atom stereocenters. The second-order valence-corrected chi connectivity index (χ2v) is 11.6. The number of carbonyl (C=O) groups is 2. The first kappa shape index (κ1) is 29.4. The zero-order chi connectivity index (χ0) is 27.7. The van der Waals surface area contributed by atoms with Crippen molar-refractivity contribution in [1.82, 2.24) is 10.2 Å². The molecule has 0 spiro atoms. The van der Waals surface area contributed by atoms with E-state index in [-0.39, 0.29) is 49.5 Å². The van der Waals surface area contributed by atoms with E-state index in [4.69, 9.17) is 4.74 Å². The summed E-state index contributed by atoms with van der Waals surface area (Å²) in [6, 6.07) is 12.4. The van der Waals surface area contributed by atoms with Gasteiger partial charge in [-0.15, -0.1) is 0 Å². The summed E-state index contributed by atoms with van der Waals surface area (Å²) in [6.07, 6.45) is 5.62. The summed E-state index contributed by atoms with van der Waals surface area (Å²) in [5, 5.41) is 3.11. The van der Waals surface area contributed by atoms with Gasteiger partial charge in [-0.1, -0.05) is 44.0 Å². The number of anilines is 1. The number of hydrogen-bond acceptors (Lipinski definition) is 5. The molecule has 0 aliphatic heterocycles. The topological polar surface area (TPSA) is 96.0 Å². The number of halogens is 1. The first-order valence-corrected chi connectivity index (χ1v) is 14.9. The maximum atomic E-state index is 14.4. The van der Waals surface area contributed by atoms with Crippen molar-refractivity contribution in [3.05, 3.63) is 59.9 Å². The molecule has 1 fully saturated rings. The minimum absolute atomic E-state index is 0.00233. The van der Waals surface area contributed by atoms with Crippen molar-refractivity contribution >= 4 is 27.5 Å². The van der Waals surface area contributed by atoms with Gasteiger partial charge in [0, 0.05) is 25.6 Å². The predicted molar refractivity (Wildman–Crippen MR) is 146 cm³/mol. The SMILES string of the molecule is CC[C@H](C(=O)NC1CCCC1)N(Cc1cccc(OC)c1)C(=O)CCCN(c1ccccc1F)S(C)(=O)=O. The Labute approximate surface area is 225 Å². The zero-order valence-electron chi connectivity index (χ0n) is 22.4. The van der Waals surface area contributed by atoms with Crippen LogP contribution in [-0.2, 0) is 26.2 Å². The van der Waals surface area contributed by atoms with E-state index in [1.807, 2.05) is 31.2 Å². The van der Waals surface area contributed by atoms with E-state index in [0.29, 0.717) is 12.2 Å². The van der Waals surface area contributed by atoms with Crippen LogP contribution in [0.25, 0.3) is 0 Å². The number of methoxy groups -OCH3 is 1. The van der Waals surface area contributed by atoms with Crippen molar-refractivity contribution in [3.63, 3.8) is 0 Å². The molecule has 38 heavy (non-hydrogen) atoms. The summed E-state index contributed by atoms with van der Waals surface area (Å²) in [5.41, 5.74) is 0.756. The molecule has 208 valence electrons. The van der Waals surface area contributed by atoms with E-state index in [1.54, 1.807) is 18.1 Å². The van der Waals surface area contributed by atoms with E-state index >= 15 is 0 Å². The summed E-state index contributed by atoms with van der Waals surface area (Å²) in [4.78, 5) is 28.4. The molecule has 0 aromatic heterocycles. The van der Waals surface area contributed by atoms with Gasteiger partial charge < -0.3 is 15.0 Å². The molecule has 1 atom stereocenters. The first-order valence-electron chi connectivity index (χ1n) is 13.1. The second kappa shape index (κ2) is 13.6. The lowest BCUT2D eigenvalue weighted by Gasteiger charge is -2.32. The molecule has 0 bridgehead atoms. The summed E-state index contributed by atoms with van der Waals surface area (Å²) in [5.74, 6) is -0.464. The molecule has 0 radical (unpaired) electrons. The average Bonchev–Trinajstić information content (AvgIpc) is 3.39. The van der Waals surface area contributed by atoms with Crippen molar-refractivity contribution < 1.29 is 27.1 Å². The maximum absolute atomic E-state index is 14.4. The summed E-state index contributed by atoms with van der Waals surface area (Å²) in [6.45, 7) is 2.01. The highest BCUT2D eigenvalue weighted by Gasteiger charge is 2.31. The third-order valence-electron chi connectivity index (χ3n) is 6.85. The number of nitrogens with zero attached hydrogens (tertiary/aromatic N) is 2. The normalized spacial score (nSPS) is 14.6. The molecular weight excluding hydrogens is 509 g/mol. The Morgan fingerprint density at radius 3 is 2.47 bits per heavy atom. The van der Waals surface area contributed by atoms with Gasteiger partial charge in [0.1, 0.15) is 17.6 Å². The lowest BCUT2D eigenvalue weighted by Crippen LogP contribution is -2.51. The Kier molecular flexibility index (Phi) is 10.5. The predicted octanol–water partition coefficient (Wildman–Crippen LogP) is 4.25. The van der Waals surface area contributed by atoms with E-state index in [1.165, 1.54) is 18.2 Å². The number of rotatable bonds is 13. The average molecular weight is 548 g/mol. The summed E-state index contributed by atoms with van der Waals surface area (Å²) < 4.78 is 45.5. The van der Waals surface area contributed by atoms with Gasteiger partial charge in [0.25, 0.3) is 0 Å². The second-order valence-electron chi connectivity index (χ2n) is 9.68. The van der Waals surface area contributed by atoms with Gasteiger partial charge in [-0.05, 0) is 55.5 Å². The highest BCUT2D eigenvalue weighted by atomic mass is 32.2. The molecule has 1 aliphatic carbocycles. The van der Waals surface area contributed by atoms with Crippen LogP contribution >= 0.6 is 0 Å². The van der Waals surface area contributed by atoms with Gasteiger partial charge in [-0.3, -0.25) is 13.9 Å². The molecule has 10 heteroatoms. The van der Waals surface area contributed by atoms with Crippen molar-refractivity contribution in [2.45, 2.75) is 70.5 Å². The van der Waals surface area contributed by atoms with Crippen molar-refractivity contribution in [2.75, 3.05) is 24.2 Å². The number of benzene rings is 2. The Hall–Kier alpha value is -3.14.